The summed E-state index contributed by atoms with van der Waals surface area (Å²) in [5.74, 6) is -1.15. The molecule has 1 N–H and O–H groups in total. The minimum atomic E-state index is -3.64. The fourth-order valence-electron chi connectivity index (χ4n) is 4.75. The fraction of sp³-hybridized carbons (Fsp3) is 0.214. The van der Waals surface area contributed by atoms with Crippen LogP contribution in [0.4, 0.5) is 15.8 Å². The number of carbonyl (C=O) groups excluding carboxylic acids is 2. The Hall–Kier alpha value is -3.70. The molecule has 3 aromatic carbocycles. The molecule has 1 saturated heterocycles. The number of piperazine rings is 1. The topological polar surface area (TPSA) is 93.8 Å². The Morgan fingerprint density at radius 1 is 1.00 bits per heavy atom. The molecule has 0 atom stereocenters. The third-order valence-corrected chi connectivity index (χ3v) is 8.56. The van der Waals surface area contributed by atoms with E-state index in [1.165, 1.54) is 17.0 Å². The van der Waals surface area contributed by atoms with Gasteiger partial charge in [0.05, 0.1) is 10.6 Å². The van der Waals surface area contributed by atoms with Gasteiger partial charge in [-0.05, 0) is 58.4 Å². The number of fused-ring (bicyclic) bond motifs is 1. The minimum Gasteiger partial charge on any atom is -0.367 e. The highest BCUT2D eigenvalue weighted by Gasteiger charge is 2.28. The fourth-order valence-corrected chi connectivity index (χ4v) is 6.11. The maximum absolute atomic E-state index is 13.8. The van der Waals surface area contributed by atoms with Crippen LogP contribution < -0.4 is 9.80 Å². The first-order valence-corrected chi connectivity index (χ1v) is 15.0. The molecule has 0 bridgehead atoms. The summed E-state index contributed by atoms with van der Waals surface area (Å²) in [5.41, 5.74) is 2.27. The standard InChI is InChI=1S/C28H26BrFN4O4S/c1-39(37,38)26-16-20(30)8-10-25(26)32-11-13-33(14-12-32)27(35)18-34(21-5-3-2-4-6-21)28(36)19-7-9-22-23(29)17-31-24(22)15-19/h2-10,15-17,31H,11-14,18H2,1H3. The molecule has 4 aromatic rings. The highest BCUT2D eigenvalue weighted by Crippen LogP contribution is 2.28. The van der Waals surface area contributed by atoms with Gasteiger partial charge in [0.2, 0.25) is 5.91 Å². The molecule has 1 aliphatic rings. The number of carbonyl (C=O) groups is 2. The zero-order valence-corrected chi connectivity index (χ0v) is 23.5. The number of rotatable bonds is 6. The Bertz CT molecular complexity index is 1650. The van der Waals surface area contributed by atoms with Crippen molar-refractivity contribution in [2.75, 3.05) is 48.8 Å². The molecule has 0 radical (unpaired) electrons. The highest BCUT2D eigenvalue weighted by molar-refractivity contribution is 9.10. The van der Waals surface area contributed by atoms with Gasteiger partial charge in [0.15, 0.2) is 9.84 Å². The molecule has 0 saturated carbocycles. The highest BCUT2D eigenvalue weighted by atomic mass is 79.9. The van der Waals surface area contributed by atoms with Gasteiger partial charge in [0.25, 0.3) is 5.91 Å². The Morgan fingerprint density at radius 3 is 2.41 bits per heavy atom. The number of aromatic amines is 1. The number of nitrogens with zero attached hydrogens (tertiary/aromatic N) is 3. The first kappa shape index (κ1) is 26.9. The average Bonchev–Trinajstić information content (AvgIpc) is 3.31. The van der Waals surface area contributed by atoms with Gasteiger partial charge in [-0.2, -0.15) is 0 Å². The van der Waals surface area contributed by atoms with Crippen LogP contribution in [0.5, 0.6) is 0 Å². The van der Waals surface area contributed by atoms with E-state index in [0.29, 0.717) is 43.1 Å². The van der Waals surface area contributed by atoms with Crippen molar-refractivity contribution in [1.82, 2.24) is 9.88 Å². The molecular formula is C28H26BrFN4O4S. The maximum Gasteiger partial charge on any atom is 0.258 e. The number of nitrogens with one attached hydrogen (secondary N) is 1. The average molecular weight is 614 g/mol. The van der Waals surface area contributed by atoms with Crippen LogP contribution in [0, 0.1) is 5.82 Å². The van der Waals surface area contributed by atoms with E-state index >= 15 is 0 Å². The number of anilines is 2. The van der Waals surface area contributed by atoms with Gasteiger partial charge < -0.3 is 14.8 Å². The molecule has 2 heterocycles. The number of halogens is 2. The number of amides is 2. The lowest BCUT2D eigenvalue weighted by molar-refractivity contribution is -0.129. The lowest BCUT2D eigenvalue weighted by atomic mass is 10.1. The molecule has 1 aliphatic heterocycles. The van der Waals surface area contributed by atoms with Gasteiger partial charge in [-0.25, -0.2) is 12.8 Å². The van der Waals surface area contributed by atoms with E-state index in [4.69, 9.17) is 0 Å². The molecule has 5 rings (SSSR count). The van der Waals surface area contributed by atoms with E-state index in [1.54, 1.807) is 29.2 Å². The molecule has 0 unspecified atom stereocenters. The predicted octanol–water partition coefficient (Wildman–Crippen LogP) is 4.47. The summed E-state index contributed by atoms with van der Waals surface area (Å²) in [7, 11) is -3.64. The summed E-state index contributed by atoms with van der Waals surface area (Å²) >= 11 is 3.48. The second-order valence-electron chi connectivity index (χ2n) is 9.38. The number of hydrogen-bond donors (Lipinski definition) is 1. The number of benzene rings is 3. The molecular weight excluding hydrogens is 587 g/mol. The van der Waals surface area contributed by atoms with Crippen LogP contribution in [0.15, 0.2) is 82.3 Å². The van der Waals surface area contributed by atoms with Crippen molar-refractivity contribution in [3.05, 3.63) is 88.8 Å². The van der Waals surface area contributed by atoms with E-state index in [0.717, 1.165) is 27.7 Å². The third-order valence-electron chi connectivity index (χ3n) is 6.78. The van der Waals surface area contributed by atoms with Gasteiger partial charge in [-0.3, -0.25) is 14.5 Å². The quantitative estimate of drug-likeness (QED) is 0.347. The molecule has 8 nitrogen and oxygen atoms in total. The molecule has 0 spiro atoms. The summed E-state index contributed by atoms with van der Waals surface area (Å²) in [6.07, 6.45) is 2.86. The number of sulfone groups is 1. The number of aromatic nitrogens is 1. The van der Waals surface area contributed by atoms with Gasteiger partial charge in [0, 0.05) is 65.3 Å². The molecule has 39 heavy (non-hydrogen) atoms. The maximum atomic E-state index is 13.8. The van der Waals surface area contributed by atoms with Gasteiger partial charge in [-0.15, -0.1) is 0 Å². The van der Waals surface area contributed by atoms with E-state index in [9.17, 15) is 22.4 Å². The summed E-state index contributed by atoms with van der Waals surface area (Å²) in [6.45, 7) is 1.26. The van der Waals surface area contributed by atoms with Crippen LogP contribution in [0.2, 0.25) is 0 Å². The van der Waals surface area contributed by atoms with Crippen molar-refractivity contribution in [3.63, 3.8) is 0 Å². The molecule has 11 heteroatoms. The monoisotopic (exact) mass is 612 g/mol. The molecule has 0 aliphatic carbocycles. The SMILES string of the molecule is CS(=O)(=O)c1cc(F)ccc1N1CCN(C(=O)CN(C(=O)c2ccc3c(Br)c[nH]c3c2)c2ccccc2)CC1. The molecule has 1 aromatic heterocycles. The first-order valence-electron chi connectivity index (χ1n) is 12.3. The predicted molar refractivity (Wildman–Crippen MR) is 152 cm³/mol. The lowest BCUT2D eigenvalue weighted by Gasteiger charge is -2.37. The van der Waals surface area contributed by atoms with Crippen molar-refractivity contribution in [2.45, 2.75) is 4.90 Å². The largest absolute Gasteiger partial charge is 0.367 e. The van der Waals surface area contributed by atoms with E-state index in [-0.39, 0.29) is 23.3 Å². The summed E-state index contributed by atoms with van der Waals surface area (Å²) < 4.78 is 39.1. The second-order valence-corrected chi connectivity index (χ2v) is 12.2. The normalized spacial score (nSPS) is 14.0. The van der Waals surface area contributed by atoms with Crippen LogP contribution in [0.3, 0.4) is 0 Å². The third kappa shape index (κ3) is 5.69. The molecule has 1 fully saturated rings. The zero-order chi connectivity index (χ0) is 27.7. The number of H-pyrrole nitrogens is 1. The Balaban J connectivity index is 1.33. The Labute approximate surface area is 234 Å². The lowest BCUT2D eigenvalue weighted by Crippen LogP contribution is -2.52. The minimum absolute atomic E-state index is 0.0748. The molecule has 2 amide bonds. The van der Waals surface area contributed by atoms with E-state index < -0.39 is 15.7 Å². The summed E-state index contributed by atoms with van der Waals surface area (Å²) in [5, 5.41) is 0.951. The van der Waals surface area contributed by atoms with Crippen molar-refractivity contribution in [2.24, 2.45) is 0 Å². The van der Waals surface area contributed by atoms with Crippen LogP contribution >= 0.6 is 15.9 Å². The summed E-state index contributed by atoms with van der Waals surface area (Å²) in [4.78, 5) is 35.1. The first-order chi connectivity index (χ1) is 18.6. The van der Waals surface area contributed by atoms with Gasteiger partial charge in [-0.1, -0.05) is 24.3 Å². The second kappa shape index (κ2) is 10.8. The Kier molecular flexibility index (Phi) is 7.46. The van der Waals surface area contributed by atoms with Crippen LogP contribution in [0.25, 0.3) is 10.9 Å². The van der Waals surface area contributed by atoms with E-state index in [2.05, 4.69) is 20.9 Å². The van der Waals surface area contributed by atoms with Gasteiger partial charge in [0.1, 0.15) is 12.4 Å². The molecule has 202 valence electrons. The van der Waals surface area contributed by atoms with Crippen molar-refractivity contribution >= 4 is 59.9 Å². The number of hydrogen-bond acceptors (Lipinski definition) is 5. The van der Waals surface area contributed by atoms with Crippen LogP contribution in [-0.2, 0) is 14.6 Å². The smallest absolute Gasteiger partial charge is 0.258 e. The van der Waals surface area contributed by atoms with E-state index in [1.807, 2.05) is 35.4 Å². The zero-order valence-electron chi connectivity index (χ0n) is 21.1. The van der Waals surface area contributed by atoms with Gasteiger partial charge >= 0.3 is 0 Å². The Morgan fingerprint density at radius 2 is 1.72 bits per heavy atom. The van der Waals surface area contributed by atoms with Crippen LogP contribution in [-0.4, -0.2) is 69.1 Å². The summed E-state index contributed by atoms with van der Waals surface area (Å²) in [6, 6.07) is 18.1. The van der Waals surface area contributed by atoms with Crippen LogP contribution in [0.1, 0.15) is 10.4 Å². The van der Waals surface area contributed by atoms with Crippen molar-refractivity contribution < 1.29 is 22.4 Å². The van der Waals surface area contributed by atoms with Crippen molar-refractivity contribution in [3.8, 4) is 0 Å². The number of para-hydroxylation sites is 1. The van der Waals surface area contributed by atoms with Crippen molar-refractivity contribution in [1.29, 1.82) is 0 Å².